The Hall–Kier alpha value is -2.47. The van der Waals surface area contributed by atoms with Crippen molar-refractivity contribution in [3.63, 3.8) is 0 Å². The fourth-order valence-corrected chi connectivity index (χ4v) is 2.62. The van der Waals surface area contributed by atoms with Gasteiger partial charge in [-0.2, -0.15) is 0 Å². The minimum Gasteiger partial charge on any atom is -0.399 e. The second-order valence-corrected chi connectivity index (χ2v) is 5.47. The van der Waals surface area contributed by atoms with Gasteiger partial charge in [0.25, 0.3) is 5.69 Å². The summed E-state index contributed by atoms with van der Waals surface area (Å²) in [7, 11) is 0. The van der Waals surface area contributed by atoms with E-state index in [1.165, 1.54) is 6.07 Å². The summed E-state index contributed by atoms with van der Waals surface area (Å²) < 4.78 is 0.655. The van der Waals surface area contributed by atoms with E-state index in [1.54, 1.807) is 24.4 Å². The zero-order chi connectivity index (χ0) is 15.0. The highest BCUT2D eigenvalue weighted by atomic mass is 79.9. The number of aromatic nitrogens is 1. The lowest BCUT2D eigenvalue weighted by Crippen LogP contribution is -1.95. The number of nitrogens with zero attached hydrogens (tertiary/aromatic N) is 2. The van der Waals surface area contributed by atoms with Crippen LogP contribution in [0.4, 0.5) is 11.4 Å². The van der Waals surface area contributed by atoms with Crippen molar-refractivity contribution in [2.75, 3.05) is 5.73 Å². The third-order valence-corrected chi connectivity index (χ3v) is 3.69. The van der Waals surface area contributed by atoms with Gasteiger partial charge in [0, 0.05) is 27.8 Å². The van der Waals surface area contributed by atoms with E-state index in [2.05, 4.69) is 20.9 Å². The molecule has 1 heterocycles. The number of nitro groups is 1. The highest BCUT2D eigenvalue weighted by molar-refractivity contribution is 9.10. The fourth-order valence-electron chi connectivity index (χ4n) is 2.27. The molecule has 0 saturated carbocycles. The van der Waals surface area contributed by atoms with Gasteiger partial charge in [-0.25, -0.2) is 0 Å². The Kier molecular flexibility index (Phi) is 3.31. The lowest BCUT2D eigenvalue weighted by atomic mass is 10.0. The Morgan fingerprint density at radius 1 is 1.14 bits per heavy atom. The van der Waals surface area contributed by atoms with Crippen LogP contribution in [0.2, 0.25) is 0 Å². The Morgan fingerprint density at radius 3 is 2.71 bits per heavy atom. The summed E-state index contributed by atoms with van der Waals surface area (Å²) in [5.74, 6) is 0. The molecule has 0 aliphatic heterocycles. The topological polar surface area (TPSA) is 82.0 Å². The number of hydrogen-bond acceptors (Lipinski definition) is 4. The summed E-state index contributed by atoms with van der Waals surface area (Å²) in [6.07, 6.45) is 1.63. The third-order valence-electron chi connectivity index (χ3n) is 3.20. The van der Waals surface area contributed by atoms with Gasteiger partial charge in [-0.05, 0) is 35.7 Å². The van der Waals surface area contributed by atoms with Crippen LogP contribution in [0.15, 0.2) is 53.1 Å². The van der Waals surface area contributed by atoms with Crippen LogP contribution in [0.3, 0.4) is 0 Å². The average molecular weight is 344 g/mol. The smallest absolute Gasteiger partial charge is 0.279 e. The molecule has 6 heteroatoms. The number of nitrogens with two attached hydrogens (primary N) is 1. The summed E-state index contributed by atoms with van der Waals surface area (Å²) in [5, 5.41) is 13.0. The van der Waals surface area contributed by atoms with Crippen molar-refractivity contribution in [1.29, 1.82) is 0 Å². The van der Waals surface area contributed by atoms with Crippen LogP contribution in [-0.2, 0) is 0 Å². The molecule has 0 fully saturated rings. The molecule has 0 saturated heterocycles. The monoisotopic (exact) mass is 343 g/mol. The number of fused-ring (bicyclic) bond motifs is 1. The molecule has 104 valence electrons. The lowest BCUT2D eigenvalue weighted by molar-refractivity contribution is -0.384. The van der Waals surface area contributed by atoms with Gasteiger partial charge in [-0.3, -0.25) is 15.1 Å². The molecule has 0 radical (unpaired) electrons. The van der Waals surface area contributed by atoms with E-state index in [9.17, 15) is 10.1 Å². The minimum atomic E-state index is -0.405. The van der Waals surface area contributed by atoms with Crippen molar-refractivity contribution < 1.29 is 4.92 Å². The molecule has 21 heavy (non-hydrogen) atoms. The molecule has 5 nitrogen and oxygen atoms in total. The van der Waals surface area contributed by atoms with Crippen molar-refractivity contribution in [3.05, 3.63) is 63.2 Å². The van der Waals surface area contributed by atoms with Crippen molar-refractivity contribution in [2.45, 2.75) is 0 Å². The number of nitro benzene ring substituents is 1. The number of anilines is 1. The van der Waals surface area contributed by atoms with Crippen LogP contribution in [0.1, 0.15) is 0 Å². The summed E-state index contributed by atoms with van der Waals surface area (Å²) in [6, 6.07) is 12.2. The zero-order valence-corrected chi connectivity index (χ0v) is 12.4. The number of benzene rings is 2. The number of pyridine rings is 1. The maximum atomic E-state index is 11.3. The van der Waals surface area contributed by atoms with Gasteiger partial charge >= 0.3 is 0 Å². The number of halogens is 1. The van der Waals surface area contributed by atoms with Crippen molar-refractivity contribution >= 4 is 38.1 Å². The zero-order valence-electron chi connectivity index (χ0n) is 10.8. The van der Waals surface area contributed by atoms with Gasteiger partial charge in [0.2, 0.25) is 0 Å². The number of nitrogen functional groups attached to an aromatic ring is 1. The molecule has 0 unspecified atom stereocenters. The fraction of sp³-hybridized carbons (Fsp3) is 0. The normalized spacial score (nSPS) is 10.7. The van der Waals surface area contributed by atoms with E-state index in [0.717, 1.165) is 10.8 Å². The first-order valence-corrected chi connectivity index (χ1v) is 6.94. The molecule has 0 atom stereocenters. The first-order valence-electron chi connectivity index (χ1n) is 6.15. The maximum Gasteiger partial charge on any atom is 0.279 e. The van der Waals surface area contributed by atoms with E-state index in [1.807, 2.05) is 18.2 Å². The maximum absolute atomic E-state index is 11.3. The van der Waals surface area contributed by atoms with Crippen LogP contribution >= 0.6 is 15.9 Å². The molecule has 0 spiro atoms. The molecule has 2 aromatic carbocycles. The van der Waals surface area contributed by atoms with Crippen LogP contribution in [0, 0.1) is 10.1 Å². The van der Waals surface area contributed by atoms with E-state index < -0.39 is 4.92 Å². The predicted molar refractivity (Wildman–Crippen MR) is 85.9 cm³/mol. The summed E-state index contributed by atoms with van der Waals surface area (Å²) >= 11 is 3.26. The van der Waals surface area contributed by atoms with E-state index in [-0.39, 0.29) is 5.69 Å². The van der Waals surface area contributed by atoms with Gasteiger partial charge < -0.3 is 5.73 Å². The molecule has 0 aliphatic carbocycles. The SMILES string of the molecule is Nc1ccc2c(-c3ccc(Br)cc3[N+](=O)[O-])nccc2c1. The minimum absolute atomic E-state index is 0.0150. The van der Waals surface area contributed by atoms with Crippen LogP contribution in [0.5, 0.6) is 0 Å². The molecule has 0 aliphatic rings. The Morgan fingerprint density at radius 2 is 1.95 bits per heavy atom. The predicted octanol–water partition coefficient (Wildman–Crippen LogP) is 4.15. The van der Waals surface area contributed by atoms with Gasteiger partial charge in [0.05, 0.1) is 16.2 Å². The molecular weight excluding hydrogens is 334 g/mol. The second-order valence-electron chi connectivity index (χ2n) is 4.56. The van der Waals surface area contributed by atoms with Crippen LogP contribution < -0.4 is 5.73 Å². The van der Waals surface area contributed by atoms with Crippen molar-refractivity contribution in [1.82, 2.24) is 4.98 Å². The van der Waals surface area contributed by atoms with E-state index in [4.69, 9.17) is 5.73 Å². The Labute approximate surface area is 128 Å². The lowest BCUT2D eigenvalue weighted by Gasteiger charge is -2.07. The second kappa shape index (κ2) is 5.14. The standard InChI is InChI=1S/C15H10BrN3O2/c16-10-1-3-13(14(8-10)19(20)21)15-12-4-2-11(17)7-9(12)5-6-18-15/h1-8H,17H2. The molecule has 0 bridgehead atoms. The first-order chi connectivity index (χ1) is 10.1. The van der Waals surface area contributed by atoms with Gasteiger partial charge in [-0.1, -0.05) is 22.0 Å². The van der Waals surface area contributed by atoms with Crippen molar-refractivity contribution in [3.8, 4) is 11.3 Å². The summed E-state index contributed by atoms with van der Waals surface area (Å²) in [4.78, 5) is 15.2. The van der Waals surface area contributed by atoms with E-state index in [0.29, 0.717) is 21.4 Å². The average Bonchev–Trinajstić information content (AvgIpc) is 2.46. The highest BCUT2D eigenvalue weighted by Gasteiger charge is 2.18. The third kappa shape index (κ3) is 2.45. The quantitative estimate of drug-likeness (QED) is 0.430. The highest BCUT2D eigenvalue weighted by Crippen LogP contribution is 2.35. The largest absolute Gasteiger partial charge is 0.399 e. The van der Waals surface area contributed by atoms with Gasteiger partial charge in [-0.15, -0.1) is 0 Å². The summed E-state index contributed by atoms with van der Waals surface area (Å²) in [6.45, 7) is 0. The van der Waals surface area contributed by atoms with E-state index >= 15 is 0 Å². The number of rotatable bonds is 2. The van der Waals surface area contributed by atoms with Crippen LogP contribution in [-0.4, -0.2) is 9.91 Å². The van der Waals surface area contributed by atoms with Gasteiger partial charge in [0.15, 0.2) is 0 Å². The molecule has 0 amide bonds. The molecule has 1 aromatic heterocycles. The molecule has 3 aromatic rings. The number of hydrogen-bond donors (Lipinski definition) is 1. The first kappa shape index (κ1) is 13.5. The van der Waals surface area contributed by atoms with Gasteiger partial charge in [0.1, 0.15) is 0 Å². The molecule has 2 N–H and O–H groups in total. The molecular formula is C15H10BrN3O2. The van der Waals surface area contributed by atoms with Crippen LogP contribution in [0.25, 0.3) is 22.0 Å². The summed E-state index contributed by atoms with van der Waals surface area (Å²) in [5.41, 5.74) is 7.49. The Bertz CT molecular complexity index is 865. The molecule has 3 rings (SSSR count). The Balaban J connectivity index is 2.33. The van der Waals surface area contributed by atoms with Crippen molar-refractivity contribution in [2.24, 2.45) is 0 Å².